The van der Waals surface area contributed by atoms with Gasteiger partial charge in [0.2, 0.25) is 5.71 Å². The number of carbonyl (C=O) groups excluding carboxylic acids is 1. The van der Waals surface area contributed by atoms with Gasteiger partial charge >= 0.3 is 6.03 Å². The molecule has 192 valence electrons. The number of hydrogen-bond donors (Lipinski definition) is 3. The fourth-order valence-electron chi connectivity index (χ4n) is 4.03. The number of carbonyl (C=O) groups is 1. The van der Waals surface area contributed by atoms with Crippen LogP contribution in [0.25, 0.3) is 22.4 Å². The van der Waals surface area contributed by atoms with Gasteiger partial charge in [0, 0.05) is 43.3 Å². The summed E-state index contributed by atoms with van der Waals surface area (Å²) in [6.07, 6.45) is 2.21. The van der Waals surface area contributed by atoms with E-state index in [0.717, 1.165) is 28.9 Å². The first-order chi connectivity index (χ1) is 18.5. The van der Waals surface area contributed by atoms with Crippen molar-refractivity contribution in [2.45, 2.75) is 6.42 Å². The number of anilines is 4. The summed E-state index contributed by atoms with van der Waals surface area (Å²) >= 11 is 6.74. The first-order valence-electron chi connectivity index (χ1n) is 12.1. The van der Waals surface area contributed by atoms with Crippen LogP contribution in [0.4, 0.5) is 27.7 Å². The standard InChI is InChI=1S/C29H27ClN6O2/c1-36(2)23-14-10-20(11-15-23)26-25(30)24-27(32-18-33-28(24)38-26)31-17-16-19-8-12-22(13-9-19)35-29(37)34-21-6-4-3-5-7-21/h3-15,18H,16-17H2,1-2H3,(H,31,32,33)(H2,34,35,37). The van der Waals surface area contributed by atoms with E-state index in [-0.39, 0.29) is 6.03 Å². The maximum Gasteiger partial charge on any atom is 0.323 e. The highest BCUT2D eigenvalue weighted by Crippen LogP contribution is 2.39. The lowest BCUT2D eigenvalue weighted by molar-refractivity contribution is 0.262. The Hall–Kier alpha value is -4.56. The van der Waals surface area contributed by atoms with Crippen molar-refractivity contribution < 1.29 is 9.21 Å². The predicted molar refractivity (Wildman–Crippen MR) is 154 cm³/mol. The Labute approximate surface area is 225 Å². The minimum absolute atomic E-state index is 0.289. The van der Waals surface area contributed by atoms with E-state index in [2.05, 4.69) is 25.9 Å². The lowest BCUT2D eigenvalue weighted by Crippen LogP contribution is -2.19. The molecule has 0 aliphatic heterocycles. The number of furan rings is 1. The van der Waals surface area contributed by atoms with Crippen molar-refractivity contribution in [1.29, 1.82) is 0 Å². The van der Waals surface area contributed by atoms with Crippen molar-refractivity contribution >= 4 is 51.6 Å². The van der Waals surface area contributed by atoms with Gasteiger partial charge in [-0.2, -0.15) is 0 Å². The SMILES string of the molecule is CN(C)c1ccc(-c2oc3ncnc(NCCc4ccc(NC(=O)Nc5ccccc5)cc4)c3c2Cl)cc1. The van der Waals surface area contributed by atoms with Gasteiger partial charge in [-0.15, -0.1) is 0 Å². The van der Waals surface area contributed by atoms with E-state index in [9.17, 15) is 4.79 Å². The molecule has 0 spiro atoms. The molecule has 3 aromatic carbocycles. The second-order valence-corrected chi connectivity index (χ2v) is 9.29. The first-order valence-corrected chi connectivity index (χ1v) is 12.5. The molecule has 38 heavy (non-hydrogen) atoms. The van der Waals surface area contributed by atoms with Crippen molar-refractivity contribution in [3.05, 3.63) is 95.8 Å². The van der Waals surface area contributed by atoms with E-state index in [0.29, 0.717) is 39.9 Å². The average Bonchev–Trinajstić information content (AvgIpc) is 3.27. The van der Waals surface area contributed by atoms with Crippen molar-refractivity contribution in [3.63, 3.8) is 0 Å². The third-order valence-corrected chi connectivity index (χ3v) is 6.39. The quantitative estimate of drug-likeness (QED) is 0.203. The molecule has 0 aliphatic rings. The molecular weight excluding hydrogens is 500 g/mol. The zero-order valence-electron chi connectivity index (χ0n) is 21.0. The molecule has 0 atom stereocenters. The normalized spacial score (nSPS) is 10.8. The largest absolute Gasteiger partial charge is 0.436 e. The molecule has 8 nitrogen and oxygen atoms in total. The van der Waals surface area contributed by atoms with Gasteiger partial charge in [0.15, 0.2) is 5.76 Å². The molecule has 3 N–H and O–H groups in total. The molecular formula is C29H27ClN6O2. The Morgan fingerprint density at radius 1 is 0.895 bits per heavy atom. The Kier molecular flexibility index (Phi) is 7.42. The maximum absolute atomic E-state index is 12.2. The van der Waals surface area contributed by atoms with E-state index in [1.807, 2.05) is 97.9 Å². The van der Waals surface area contributed by atoms with E-state index >= 15 is 0 Å². The monoisotopic (exact) mass is 526 g/mol. The molecule has 0 bridgehead atoms. The van der Waals surface area contributed by atoms with Crippen LogP contribution < -0.4 is 20.9 Å². The third-order valence-electron chi connectivity index (χ3n) is 6.03. The van der Waals surface area contributed by atoms with Crippen molar-refractivity contribution in [1.82, 2.24) is 9.97 Å². The summed E-state index contributed by atoms with van der Waals surface area (Å²) in [6.45, 7) is 0.627. The molecule has 9 heteroatoms. The Morgan fingerprint density at radius 3 is 2.26 bits per heavy atom. The van der Waals surface area contributed by atoms with Crippen LogP contribution in [-0.4, -0.2) is 36.6 Å². The number of halogens is 1. The molecule has 2 heterocycles. The lowest BCUT2D eigenvalue weighted by atomic mass is 10.1. The number of para-hydroxylation sites is 1. The summed E-state index contributed by atoms with van der Waals surface area (Å²) in [5, 5.41) is 10.1. The Balaban J connectivity index is 1.21. The van der Waals surface area contributed by atoms with Gasteiger partial charge in [0.25, 0.3) is 0 Å². The number of benzene rings is 3. The fourth-order valence-corrected chi connectivity index (χ4v) is 4.34. The van der Waals surface area contributed by atoms with Gasteiger partial charge in [-0.05, 0) is 60.5 Å². The fraction of sp³-hybridized carbons (Fsp3) is 0.138. The topological polar surface area (TPSA) is 95.3 Å². The van der Waals surface area contributed by atoms with Crippen LogP contribution in [-0.2, 0) is 6.42 Å². The highest BCUT2D eigenvalue weighted by Gasteiger charge is 2.19. The Morgan fingerprint density at radius 2 is 1.58 bits per heavy atom. The summed E-state index contributed by atoms with van der Waals surface area (Å²) in [5.41, 5.74) is 4.95. The van der Waals surface area contributed by atoms with Crippen LogP contribution in [0.3, 0.4) is 0 Å². The van der Waals surface area contributed by atoms with Crippen molar-refractivity contribution in [3.8, 4) is 11.3 Å². The number of nitrogens with zero attached hydrogens (tertiary/aromatic N) is 3. The highest BCUT2D eigenvalue weighted by atomic mass is 35.5. The summed E-state index contributed by atoms with van der Waals surface area (Å²) in [5.74, 6) is 1.19. The Bertz CT molecular complexity index is 1530. The second-order valence-electron chi connectivity index (χ2n) is 8.91. The average molecular weight is 527 g/mol. The van der Waals surface area contributed by atoms with E-state index in [4.69, 9.17) is 16.0 Å². The molecule has 0 saturated heterocycles. The maximum atomic E-state index is 12.2. The molecule has 0 saturated carbocycles. The molecule has 0 aliphatic carbocycles. The minimum atomic E-state index is -0.289. The van der Waals surface area contributed by atoms with Crippen LogP contribution in [0.5, 0.6) is 0 Å². The van der Waals surface area contributed by atoms with Crippen LogP contribution in [0.1, 0.15) is 5.56 Å². The summed E-state index contributed by atoms with van der Waals surface area (Å²) in [6, 6.07) is 24.7. The molecule has 0 radical (unpaired) electrons. The zero-order valence-corrected chi connectivity index (χ0v) is 21.8. The predicted octanol–water partition coefficient (Wildman–Crippen LogP) is 6.91. The first kappa shape index (κ1) is 25.1. The van der Waals surface area contributed by atoms with Gasteiger partial charge < -0.3 is 25.3 Å². The molecule has 2 amide bonds. The number of nitrogens with one attached hydrogen (secondary N) is 3. The smallest absolute Gasteiger partial charge is 0.323 e. The van der Waals surface area contributed by atoms with Gasteiger partial charge in [-0.3, -0.25) is 0 Å². The number of amides is 2. The van der Waals surface area contributed by atoms with E-state index in [1.54, 1.807) is 0 Å². The van der Waals surface area contributed by atoms with Gasteiger partial charge in [0.05, 0.1) is 0 Å². The van der Waals surface area contributed by atoms with Crippen LogP contribution in [0.15, 0.2) is 89.6 Å². The van der Waals surface area contributed by atoms with Crippen LogP contribution in [0.2, 0.25) is 5.02 Å². The van der Waals surface area contributed by atoms with Crippen molar-refractivity contribution in [2.24, 2.45) is 0 Å². The number of aromatic nitrogens is 2. The van der Waals surface area contributed by atoms with Crippen LogP contribution >= 0.6 is 11.6 Å². The number of rotatable bonds is 8. The summed E-state index contributed by atoms with van der Waals surface area (Å²) in [7, 11) is 3.99. The zero-order chi connectivity index (χ0) is 26.5. The van der Waals surface area contributed by atoms with Crippen LogP contribution in [0, 0.1) is 0 Å². The number of fused-ring (bicyclic) bond motifs is 1. The summed E-state index contributed by atoms with van der Waals surface area (Å²) in [4.78, 5) is 22.9. The van der Waals surface area contributed by atoms with Gasteiger partial charge in [-0.25, -0.2) is 14.8 Å². The molecule has 2 aromatic heterocycles. The number of hydrogen-bond acceptors (Lipinski definition) is 6. The highest BCUT2D eigenvalue weighted by molar-refractivity contribution is 6.38. The summed E-state index contributed by atoms with van der Waals surface area (Å²) < 4.78 is 6.00. The lowest BCUT2D eigenvalue weighted by Gasteiger charge is -2.12. The molecule has 5 aromatic rings. The molecule has 0 fully saturated rings. The van der Waals surface area contributed by atoms with Gasteiger partial charge in [-0.1, -0.05) is 41.9 Å². The number of urea groups is 1. The second kappa shape index (κ2) is 11.2. The van der Waals surface area contributed by atoms with E-state index in [1.165, 1.54) is 6.33 Å². The van der Waals surface area contributed by atoms with E-state index < -0.39 is 0 Å². The molecule has 0 unspecified atom stereocenters. The minimum Gasteiger partial charge on any atom is -0.436 e. The molecule has 5 rings (SSSR count). The van der Waals surface area contributed by atoms with Crippen molar-refractivity contribution in [2.75, 3.05) is 41.5 Å². The van der Waals surface area contributed by atoms with Gasteiger partial charge in [0.1, 0.15) is 22.6 Å². The third kappa shape index (κ3) is 5.71.